The van der Waals surface area contributed by atoms with E-state index in [9.17, 15) is 0 Å². The first kappa shape index (κ1) is 15.3. The molecule has 0 saturated carbocycles. The molecule has 0 aliphatic heterocycles. The lowest BCUT2D eigenvalue weighted by Crippen LogP contribution is -2.02. The molecule has 0 N–H and O–H groups in total. The molecule has 1 nitrogen and oxygen atoms in total. The molecule has 0 aliphatic rings. The van der Waals surface area contributed by atoms with Gasteiger partial charge in [-0.05, 0) is 31.4 Å². The molecular formula is C17H31N. The van der Waals surface area contributed by atoms with Crippen molar-refractivity contribution in [1.82, 2.24) is 4.57 Å². The Bertz CT molecular complexity index is 288. The Balaban J connectivity index is 2.09. The van der Waals surface area contributed by atoms with Gasteiger partial charge in [0.1, 0.15) is 0 Å². The summed E-state index contributed by atoms with van der Waals surface area (Å²) >= 11 is 0. The minimum Gasteiger partial charge on any atom is -0.351 e. The molecule has 1 heteroatoms. The van der Waals surface area contributed by atoms with Gasteiger partial charge < -0.3 is 4.57 Å². The number of nitrogens with zero attached hydrogens (tertiary/aromatic N) is 1. The smallest absolute Gasteiger partial charge is 0.0222 e. The number of aryl methyl sites for hydroxylation is 2. The highest BCUT2D eigenvalue weighted by atomic mass is 15.0. The lowest BCUT2D eigenvalue weighted by molar-refractivity contribution is 0.540. The summed E-state index contributed by atoms with van der Waals surface area (Å²) in [5.74, 6) is 0. The van der Waals surface area contributed by atoms with Crippen LogP contribution in [0.15, 0.2) is 18.3 Å². The van der Waals surface area contributed by atoms with Gasteiger partial charge in [0.25, 0.3) is 0 Å². The van der Waals surface area contributed by atoms with Gasteiger partial charge in [-0.3, -0.25) is 0 Å². The van der Waals surface area contributed by atoms with E-state index in [0.29, 0.717) is 0 Å². The first-order valence-electron chi connectivity index (χ1n) is 8.02. The van der Waals surface area contributed by atoms with Crippen LogP contribution in [0.3, 0.4) is 0 Å². The second-order valence-electron chi connectivity index (χ2n) is 5.42. The van der Waals surface area contributed by atoms with E-state index in [1.165, 1.54) is 76.4 Å². The molecule has 0 amide bonds. The summed E-state index contributed by atoms with van der Waals surface area (Å²) in [6.07, 6.45) is 15.9. The van der Waals surface area contributed by atoms with E-state index in [1.807, 2.05) is 0 Å². The maximum absolute atomic E-state index is 2.46. The molecule has 0 aliphatic carbocycles. The van der Waals surface area contributed by atoms with Crippen molar-refractivity contribution >= 4 is 0 Å². The lowest BCUT2D eigenvalue weighted by atomic mass is 10.1. The van der Waals surface area contributed by atoms with Crippen LogP contribution in [0.2, 0.25) is 0 Å². The van der Waals surface area contributed by atoms with Gasteiger partial charge in [0.2, 0.25) is 0 Å². The van der Waals surface area contributed by atoms with E-state index in [-0.39, 0.29) is 0 Å². The van der Waals surface area contributed by atoms with Crippen LogP contribution in [0.25, 0.3) is 0 Å². The largest absolute Gasteiger partial charge is 0.351 e. The zero-order valence-corrected chi connectivity index (χ0v) is 12.5. The van der Waals surface area contributed by atoms with Gasteiger partial charge in [-0.15, -0.1) is 0 Å². The predicted molar refractivity (Wildman–Crippen MR) is 81.0 cm³/mol. The standard InChI is InChI=1S/C17H31N/c1-3-5-7-8-9-10-11-15-18-16-12-14-17(18)13-6-4-2/h12,14,16H,3-11,13,15H2,1-2H3. The van der Waals surface area contributed by atoms with Gasteiger partial charge in [-0.2, -0.15) is 0 Å². The average Bonchev–Trinajstić information content (AvgIpc) is 2.83. The fourth-order valence-corrected chi connectivity index (χ4v) is 2.49. The fraction of sp³-hybridized carbons (Fsp3) is 0.765. The molecule has 0 aromatic carbocycles. The second kappa shape index (κ2) is 10.2. The minimum atomic E-state index is 1.22. The van der Waals surface area contributed by atoms with E-state index in [1.54, 1.807) is 0 Å². The third kappa shape index (κ3) is 6.28. The summed E-state index contributed by atoms with van der Waals surface area (Å²) < 4.78 is 2.46. The summed E-state index contributed by atoms with van der Waals surface area (Å²) in [5.41, 5.74) is 1.53. The van der Waals surface area contributed by atoms with E-state index in [0.717, 1.165) is 0 Å². The van der Waals surface area contributed by atoms with Crippen LogP contribution in [-0.2, 0) is 13.0 Å². The van der Waals surface area contributed by atoms with Gasteiger partial charge in [-0.25, -0.2) is 0 Å². The second-order valence-corrected chi connectivity index (χ2v) is 5.42. The van der Waals surface area contributed by atoms with Gasteiger partial charge in [-0.1, -0.05) is 58.8 Å². The van der Waals surface area contributed by atoms with Gasteiger partial charge in [0.15, 0.2) is 0 Å². The highest BCUT2D eigenvalue weighted by molar-refractivity contribution is 5.07. The van der Waals surface area contributed by atoms with Crippen LogP contribution in [0.5, 0.6) is 0 Å². The molecule has 1 heterocycles. The van der Waals surface area contributed by atoms with E-state index in [2.05, 4.69) is 36.7 Å². The van der Waals surface area contributed by atoms with Crippen molar-refractivity contribution in [2.45, 2.75) is 84.6 Å². The molecule has 0 spiro atoms. The number of unbranched alkanes of at least 4 members (excludes halogenated alkanes) is 7. The Labute approximate surface area is 114 Å². The molecule has 0 atom stereocenters. The Morgan fingerprint density at radius 1 is 0.833 bits per heavy atom. The Morgan fingerprint density at radius 2 is 1.50 bits per heavy atom. The normalized spacial score (nSPS) is 11.0. The van der Waals surface area contributed by atoms with Crippen molar-refractivity contribution in [3.8, 4) is 0 Å². The molecule has 0 bridgehead atoms. The van der Waals surface area contributed by atoms with Crippen LogP contribution < -0.4 is 0 Å². The maximum Gasteiger partial charge on any atom is 0.0222 e. The topological polar surface area (TPSA) is 4.93 Å². The van der Waals surface area contributed by atoms with Crippen LogP contribution >= 0.6 is 0 Å². The Morgan fingerprint density at radius 3 is 2.22 bits per heavy atom. The SMILES string of the molecule is CCCCCCCCCn1cccc1CCCC. The quantitative estimate of drug-likeness (QED) is 0.451. The van der Waals surface area contributed by atoms with Crippen molar-refractivity contribution in [3.63, 3.8) is 0 Å². The maximum atomic E-state index is 2.46. The van der Waals surface area contributed by atoms with E-state index in [4.69, 9.17) is 0 Å². The summed E-state index contributed by atoms with van der Waals surface area (Å²) in [6, 6.07) is 4.49. The number of hydrogen-bond donors (Lipinski definition) is 0. The summed E-state index contributed by atoms with van der Waals surface area (Å²) in [6.45, 7) is 5.77. The monoisotopic (exact) mass is 249 g/mol. The average molecular weight is 249 g/mol. The lowest BCUT2D eigenvalue weighted by Gasteiger charge is -2.08. The van der Waals surface area contributed by atoms with Crippen molar-refractivity contribution in [2.75, 3.05) is 0 Å². The third-order valence-electron chi connectivity index (χ3n) is 3.71. The molecule has 18 heavy (non-hydrogen) atoms. The van der Waals surface area contributed by atoms with Crippen molar-refractivity contribution < 1.29 is 0 Å². The Hall–Kier alpha value is -0.720. The van der Waals surface area contributed by atoms with Crippen LogP contribution in [-0.4, -0.2) is 4.57 Å². The molecule has 1 aromatic heterocycles. The Kier molecular flexibility index (Phi) is 8.71. The molecular weight excluding hydrogens is 218 g/mol. The van der Waals surface area contributed by atoms with Gasteiger partial charge in [0, 0.05) is 18.4 Å². The van der Waals surface area contributed by atoms with Gasteiger partial charge >= 0.3 is 0 Å². The van der Waals surface area contributed by atoms with Crippen molar-refractivity contribution in [2.24, 2.45) is 0 Å². The summed E-state index contributed by atoms with van der Waals surface area (Å²) in [5, 5.41) is 0. The van der Waals surface area contributed by atoms with Crippen LogP contribution in [0.1, 0.15) is 77.3 Å². The number of rotatable bonds is 11. The zero-order valence-electron chi connectivity index (χ0n) is 12.5. The molecule has 0 radical (unpaired) electrons. The third-order valence-corrected chi connectivity index (χ3v) is 3.71. The molecule has 1 aromatic rings. The first-order valence-corrected chi connectivity index (χ1v) is 8.02. The van der Waals surface area contributed by atoms with Crippen molar-refractivity contribution in [3.05, 3.63) is 24.0 Å². The molecule has 104 valence electrons. The van der Waals surface area contributed by atoms with Crippen LogP contribution in [0, 0.1) is 0 Å². The summed E-state index contributed by atoms with van der Waals surface area (Å²) in [4.78, 5) is 0. The van der Waals surface area contributed by atoms with E-state index < -0.39 is 0 Å². The molecule has 1 rings (SSSR count). The zero-order chi connectivity index (χ0) is 13.1. The van der Waals surface area contributed by atoms with Crippen molar-refractivity contribution in [1.29, 1.82) is 0 Å². The number of aromatic nitrogens is 1. The highest BCUT2D eigenvalue weighted by Gasteiger charge is 2.00. The highest BCUT2D eigenvalue weighted by Crippen LogP contribution is 2.11. The summed E-state index contributed by atoms with van der Waals surface area (Å²) in [7, 11) is 0. The molecule has 0 unspecified atom stereocenters. The van der Waals surface area contributed by atoms with Gasteiger partial charge in [0.05, 0.1) is 0 Å². The molecule has 0 saturated heterocycles. The van der Waals surface area contributed by atoms with E-state index >= 15 is 0 Å². The predicted octanol–water partition coefficient (Wildman–Crippen LogP) is 5.58. The molecule has 0 fully saturated rings. The minimum absolute atomic E-state index is 1.22. The number of hydrogen-bond acceptors (Lipinski definition) is 0. The fourth-order valence-electron chi connectivity index (χ4n) is 2.49. The first-order chi connectivity index (χ1) is 8.88. The van der Waals surface area contributed by atoms with Crippen LogP contribution in [0.4, 0.5) is 0 Å².